The van der Waals surface area contributed by atoms with Crippen LogP contribution >= 0.6 is 35.0 Å². The molecule has 0 bridgehead atoms. The molecule has 0 N–H and O–H groups in total. The number of thioether (sulfide) groups is 1. The molecule has 1 amide bonds. The smallest absolute Gasteiger partial charge is 0.266 e. The molecule has 2 aromatic carbocycles. The van der Waals surface area contributed by atoms with Crippen LogP contribution in [0.4, 0.5) is 5.69 Å². The number of hydrogen-bond acceptors (Lipinski definition) is 3. The van der Waals surface area contributed by atoms with Crippen molar-refractivity contribution in [2.45, 2.75) is 20.3 Å². The molecule has 2 aromatic rings. The highest BCUT2D eigenvalue weighted by Gasteiger charge is 2.32. The van der Waals surface area contributed by atoms with Crippen molar-refractivity contribution < 1.29 is 4.79 Å². The predicted octanol–water partition coefficient (Wildman–Crippen LogP) is 6.32. The van der Waals surface area contributed by atoms with Crippen LogP contribution in [0.3, 0.4) is 0 Å². The minimum absolute atomic E-state index is 0.0475. The Morgan fingerprint density at radius 2 is 1.88 bits per heavy atom. The molecular formula is C20H18Cl2N2OS. The SMILES string of the molecule is CCCN1C(=O)/C(=C\c2ccc(Cl)cc2Cl)SC1=Nc1ccc(C)cc1. The fraction of sp³-hybridized carbons (Fsp3) is 0.200. The molecule has 26 heavy (non-hydrogen) atoms. The molecule has 0 atom stereocenters. The van der Waals surface area contributed by atoms with Gasteiger partial charge < -0.3 is 0 Å². The first-order valence-corrected chi connectivity index (χ1v) is 9.87. The summed E-state index contributed by atoms with van der Waals surface area (Å²) in [7, 11) is 0. The van der Waals surface area contributed by atoms with E-state index in [4.69, 9.17) is 23.2 Å². The summed E-state index contributed by atoms with van der Waals surface area (Å²) in [6, 6.07) is 13.2. The molecule has 134 valence electrons. The van der Waals surface area contributed by atoms with Crippen molar-refractivity contribution in [2.24, 2.45) is 4.99 Å². The maximum Gasteiger partial charge on any atom is 0.266 e. The Morgan fingerprint density at radius 3 is 2.54 bits per heavy atom. The third kappa shape index (κ3) is 4.32. The van der Waals surface area contributed by atoms with Gasteiger partial charge in [0.25, 0.3) is 5.91 Å². The standard InChI is InChI=1S/C20H18Cl2N2OS/c1-3-10-24-19(25)18(11-14-6-7-15(21)12-17(14)22)26-20(24)23-16-8-4-13(2)5-9-16/h4-9,11-12H,3,10H2,1-2H3/b18-11+,23-20?. The molecule has 3 nitrogen and oxygen atoms in total. The first kappa shape index (κ1) is 19.0. The lowest BCUT2D eigenvalue weighted by Crippen LogP contribution is -2.29. The number of hydrogen-bond donors (Lipinski definition) is 0. The second-order valence-corrected chi connectivity index (χ2v) is 7.82. The largest absolute Gasteiger partial charge is 0.286 e. The van der Waals surface area contributed by atoms with Crippen molar-refractivity contribution in [3.05, 3.63) is 68.5 Å². The number of amides is 1. The van der Waals surface area contributed by atoms with E-state index >= 15 is 0 Å². The van der Waals surface area contributed by atoms with Gasteiger partial charge in [-0.05, 0) is 61.0 Å². The van der Waals surface area contributed by atoms with Crippen molar-refractivity contribution in [1.29, 1.82) is 0 Å². The predicted molar refractivity (Wildman–Crippen MR) is 112 cm³/mol. The zero-order valence-corrected chi connectivity index (χ0v) is 16.8. The van der Waals surface area contributed by atoms with Gasteiger partial charge in [0.05, 0.1) is 10.6 Å². The highest BCUT2D eigenvalue weighted by molar-refractivity contribution is 8.18. The van der Waals surface area contributed by atoms with Crippen LogP contribution in [0.5, 0.6) is 0 Å². The summed E-state index contributed by atoms with van der Waals surface area (Å²) >= 11 is 13.6. The Kier molecular flexibility index (Phi) is 6.07. The fourth-order valence-corrected chi connectivity index (χ4v) is 3.98. The van der Waals surface area contributed by atoms with Crippen molar-refractivity contribution in [3.8, 4) is 0 Å². The van der Waals surface area contributed by atoms with E-state index in [1.165, 1.54) is 17.3 Å². The van der Waals surface area contributed by atoms with Crippen LogP contribution in [0.1, 0.15) is 24.5 Å². The normalized spacial score (nSPS) is 17.5. The zero-order chi connectivity index (χ0) is 18.7. The number of rotatable bonds is 4. The fourth-order valence-electron chi connectivity index (χ4n) is 2.50. The van der Waals surface area contributed by atoms with Crippen molar-refractivity contribution in [1.82, 2.24) is 4.90 Å². The first-order valence-electron chi connectivity index (χ1n) is 8.29. The summed E-state index contributed by atoms with van der Waals surface area (Å²) in [6.45, 7) is 4.70. The van der Waals surface area contributed by atoms with E-state index in [9.17, 15) is 4.79 Å². The van der Waals surface area contributed by atoms with E-state index in [1.54, 1.807) is 23.1 Å². The molecule has 0 unspecified atom stereocenters. The van der Waals surface area contributed by atoms with Crippen molar-refractivity contribution in [3.63, 3.8) is 0 Å². The average molecular weight is 405 g/mol. The van der Waals surface area contributed by atoms with E-state index in [0.29, 0.717) is 26.7 Å². The van der Waals surface area contributed by atoms with Crippen LogP contribution in [-0.4, -0.2) is 22.5 Å². The Bertz CT molecular complexity index is 891. The van der Waals surface area contributed by atoms with Crippen LogP contribution < -0.4 is 0 Å². The van der Waals surface area contributed by atoms with Crippen LogP contribution in [0.25, 0.3) is 6.08 Å². The van der Waals surface area contributed by atoms with Gasteiger partial charge in [-0.2, -0.15) is 0 Å². The Hall–Kier alpha value is -1.75. The highest BCUT2D eigenvalue weighted by atomic mass is 35.5. The molecule has 0 radical (unpaired) electrons. The highest BCUT2D eigenvalue weighted by Crippen LogP contribution is 2.35. The summed E-state index contributed by atoms with van der Waals surface area (Å²) in [6.07, 6.45) is 2.65. The lowest BCUT2D eigenvalue weighted by atomic mass is 10.2. The molecule has 1 heterocycles. The zero-order valence-electron chi connectivity index (χ0n) is 14.5. The molecule has 0 saturated carbocycles. The number of aryl methyl sites for hydroxylation is 1. The summed E-state index contributed by atoms with van der Waals surface area (Å²) in [5.74, 6) is -0.0475. The molecule has 1 aliphatic heterocycles. The van der Waals surface area contributed by atoms with Crippen LogP contribution in [0, 0.1) is 6.92 Å². The number of aliphatic imine (C=N–C) groups is 1. The van der Waals surface area contributed by atoms with Gasteiger partial charge >= 0.3 is 0 Å². The molecule has 3 rings (SSSR count). The van der Waals surface area contributed by atoms with Gasteiger partial charge in [0, 0.05) is 16.6 Å². The Balaban J connectivity index is 1.95. The van der Waals surface area contributed by atoms with E-state index in [2.05, 4.69) is 4.99 Å². The van der Waals surface area contributed by atoms with Gasteiger partial charge in [0.15, 0.2) is 5.17 Å². The molecule has 1 aliphatic rings. The number of carbonyl (C=O) groups is 1. The maximum atomic E-state index is 12.8. The maximum absolute atomic E-state index is 12.8. The van der Waals surface area contributed by atoms with Crippen LogP contribution in [-0.2, 0) is 4.79 Å². The molecule has 0 aliphatic carbocycles. The Labute approximate surface area is 167 Å². The van der Waals surface area contributed by atoms with Crippen molar-refractivity contribution >= 4 is 57.8 Å². The number of nitrogens with zero attached hydrogens (tertiary/aromatic N) is 2. The molecule has 0 aromatic heterocycles. The van der Waals surface area contributed by atoms with Gasteiger partial charge in [0.2, 0.25) is 0 Å². The summed E-state index contributed by atoms with van der Waals surface area (Å²) < 4.78 is 0. The van der Waals surface area contributed by atoms with Gasteiger partial charge in [-0.25, -0.2) is 4.99 Å². The molecule has 1 fully saturated rings. The van der Waals surface area contributed by atoms with E-state index in [0.717, 1.165) is 17.7 Å². The summed E-state index contributed by atoms with van der Waals surface area (Å²) in [5, 5.41) is 1.78. The number of halogens is 2. The first-order chi connectivity index (χ1) is 12.5. The van der Waals surface area contributed by atoms with E-state index in [1.807, 2.05) is 44.2 Å². The lowest BCUT2D eigenvalue weighted by Gasteiger charge is -2.13. The lowest BCUT2D eigenvalue weighted by molar-refractivity contribution is -0.122. The number of amidine groups is 1. The minimum Gasteiger partial charge on any atom is -0.286 e. The van der Waals surface area contributed by atoms with Gasteiger partial charge in [-0.15, -0.1) is 0 Å². The average Bonchev–Trinajstić information content (AvgIpc) is 2.89. The molecule has 1 saturated heterocycles. The van der Waals surface area contributed by atoms with Gasteiger partial charge in [-0.1, -0.05) is 53.9 Å². The second-order valence-electron chi connectivity index (χ2n) is 5.96. The number of benzene rings is 2. The monoisotopic (exact) mass is 404 g/mol. The summed E-state index contributed by atoms with van der Waals surface area (Å²) in [4.78, 5) is 19.8. The van der Waals surface area contributed by atoms with E-state index < -0.39 is 0 Å². The van der Waals surface area contributed by atoms with Gasteiger partial charge in [0.1, 0.15) is 0 Å². The number of carbonyl (C=O) groups excluding carboxylic acids is 1. The minimum atomic E-state index is -0.0475. The topological polar surface area (TPSA) is 32.7 Å². The van der Waals surface area contributed by atoms with Gasteiger partial charge in [-0.3, -0.25) is 9.69 Å². The van der Waals surface area contributed by atoms with Crippen molar-refractivity contribution in [2.75, 3.05) is 6.54 Å². The Morgan fingerprint density at radius 1 is 1.15 bits per heavy atom. The molecule has 0 spiro atoms. The van der Waals surface area contributed by atoms with E-state index in [-0.39, 0.29) is 5.91 Å². The van der Waals surface area contributed by atoms with Crippen LogP contribution in [0.2, 0.25) is 10.0 Å². The molecular weight excluding hydrogens is 387 g/mol. The third-order valence-electron chi connectivity index (χ3n) is 3.84. The third-order valence-corrected chi connectivity index (χ3v) is 5.41. The molecule has 6 heteroatoms. The quantitative estimate of drug-likeness (QED) is 0.558. The second kappa shape index (κ2) is 8.30. The summed E-state index contributed by atoms with van der Waals surface area (Å²) in [5.41, 5.74) is 2.77. The van der Waals surface area contributed by atoms with Crippen LogP contribution in [0.15, 0.2) is 52.4 Å².